The minimum atomic E-state index is 0.128. The Bertz CT molecular complexity index is 763. The SMILES string of the molecule is CCc1cccc(NC(C)c2cc3cc(Br)ccc3o2)c1. The molecule has 3 aromatic rings. The van der Waals surface area contributed by atoms with Crippen molar-refractivity contribution in [2.45, 2.75) is 26.3 Å². The van der Waals surface area contributed by atoms with Gasteiger partial charge in [0.25, 0.3) is 0 Å². The normalized spacial score (nSPS) is 12.5. The summed E-state index contributed by atoms with van der Waals surface area (Å²) in [7, 11) is 0. The summed E-state index contributed by atoms with van der Waals surface area (Å²) in [4.78, 5) is 0. The van der Waals surface area contributed by atoms with Gasteiger partial charge in [0.2, 0.25) is 0 Å². The summed E-state index contributed by atoms with van der Waals surface area (Å²) in [6.07, 6.45) is 1.04. The molecule has 2 aromatic carbocycles. The lowest BCUT2D eigenvalue weighted by Crippen LogP contribution is -2.05. The van der Waals surface area contributed by atoms with Crippen LogP contribution in [-0.2, 0) is 6.42 Å². The number of furan rings is 1. The van der Waals surface area contributed by atoms with Gasteiger partial charge in [0.15, 0.2) is 0 Å². The molecule has 1 heterocycles. The molecular formula is C18H18BrNO. The van der Waals surface area contributed by atoms with Crippen LogP contribution in [0.3, 0.4) is 0 Å². The van der Waals surface area contributed by atoms with Crippen LogP contribution in [-0.4, -0.2) is 0 Å². The van der Waals surface area contributed by atoms with Crippen LogP contribution in [0.2, 0.25) is 0 Å². The molecule has 0 amide bonds. The molecule has 0 bridgehead atoms. The van der Waals surface area contributed by atoms with Crippen molar-refractivity contribution in [3.05, 3.63) is 64.3 Å². The number of rotatable bonds is 4. The molecule has 1 N–H and O–H groups in total. The van der Waals surface area contributed by atoms with Crippen molar-refractivity contribution in [1.29, 1.82) is 0 Å². The smallest absolute Gasteiger partial charge is 0.134 e. The molecule has 0 radical (unpaired) electrons. The number of fused-ring (bicyclic) bond motifs is 1. The molecular weight excluding hydrogens is 326 g/mol. The van der Waals surface area contributed by atoms with Gasteiger partial charge in [-0.1, -0.05) is 35.0 Å². The maximum Gasteiger partial charge on any atom is 0.134 e. The van der Waals surface area contributed by atoms with E-state index in [0.29, 0.717) is 0 Å². The average molecular weight is 344 g/mol. The lowest BCUT2D eigenvalue weighted by atomic mass is 10.1. The second kappa shape index (κ2) is 5.94. The van der Waals surface area contributed by atoms with E-state index in [-0.39, 0.29) is 6.04 Å². The van der Waals surface area contributed by atoms with Crippen LogP contribution in [0.25, 0.3) is 11.0 Å². The number of hydrogen-bond acceptors (Lipinski definition) is 2. The van der Waals surface area contributed by atoms with Gasteiger partial charge in [-0.2, -0.15) is 0 Å². The van der Waals surface area contributed by atoms with Crippen LogP contribution in [0.4, 0.5) is 5.69 Å². The Balaban J connectivity index is 1.84. The molecule has 1 aromatic heterocycles. The second-order valence-electron chi connectivity index (χ2n) is 5.25. The number of benzene rings is 2. The number of anilines is 1. The van der Waals surface area contributed by atoms with Gasteiger partial charge >= 0.3 is 0 Å². The molecule has 21 heavy (non-hydrogen) atoms. The van der Waals surface area contributed by atoms with Crippen molar-refractivity contribution in [3.8, 4) is 0 Å². The Hall–Kier alpha value is -1.74. The summed E-state index contributed by atoms with van der Waals surface area (Å²) >= 11 is 3.49. The van der Waals surface area contributed by atoms with E-state index in [1.807, 2.05) is 12.1 Å². The molecule has 1 atom stereocenters. The lowest BCUT2D eigenvalue weighted by molar-refractivity contribution is 0.526. The van der Waals surface area contributed by atoms with E-state index in [9.17, 15) is 0 Å². The van der Waals surface area contributed by atoms with Gasteiger partial charge in [-0.05, 0) is 55.3 Å². The van der Waals surface area contributed by atoms with Crippen LogP contribution in [0, 0.1) is 0 Å². The highest BCUT2D eigenvalue weighted by atomic mass is 79.9. The Morgan fingerprint density at radius 1 is 1.14 bits per heavy atom. The third-order valence-corrected chi connectivity index (χ3v) is 4.14. The fourth-order valence-electron chi connectivity index (χ4n) is 2.45. The molecule has 1 unspecified atom stereocenters. The monoisotopic (exact) mass is 343 g/mol. The molecule has 0 spiro atoms. The summed E-state index contributed by atoms with van der Waals surface area (Å²) in [5.74, 6) is 0.949. The van der Waals surface area contributed by atoms with E-state index in [1.54, 1.807) is 0 Å². The molecule has 0 fully saturated rings. The van der Waals surface area contributed by atoms with Crippen molar-refractivity contribution in [3.63, 3.8) is 0 Å². The minimum absolute atomic E-state index is 0.128. The number of nitrogens with one attached hydrogen (secondary N) is 1. The largest absolute Gasteiger partial charge is 0.459 e. The van der Waals surface area contributed by atoms with Crippen molar-refractivity contribution >= 4 is 32.6 Å². The van der Waals surface area contributed by atoms with E-state index in [0.717, 1.165) is 33.3 Å². The highest BCUT2D eigenvalue weighted by Gasteiger charge is 2.11. The van der Waals surface area contributed by atoms with E-state index in [2.05, 4.69) is 71.5 Å². The van der Waals surface area contributed by atoms with Crippen molar-refractivity contribution in [2.75, 3.05) is 5.32 Å². The topological polar surface area (TPSA) is 25.2 Å². The molecule has 0 aliphatic carbocycles. The number of hydrogen-bond donors (Lipinski definition) is 1. The third kappa shape index (κ3) is 3.13. The quantitative estimate of drug-likeness (QED) is 0.634. The van der Waals surface area contributed by atoms with E-state index < -0.39 is 0 Å². The molecule has 108 valence electrons. The summed E-state index contributed by atoms with van der Waals surface area (Å²) in [6, 6.07) is 16.8. The van der Waals surface area contributed by atoms with Gasteiger partial charge in [0.1, 0.15) is 11.3 Å². The Kier molecular flexibility index (Phi) is 4.02. The van der Waals surface area contributed by atoms with Crippen LogP contribution in [0.15, 0.2) is 57.4 Å². The molecule has 3 heteroatoms. The fraction of sp³-hybridized carbons (Fsp3) is 0.222. The van der Waals surface area contributed by atoms with Crippen LogP contribution < -0.4 is 5.32 Å². The van der Waals surface area contributed by atoms with Gasteiger partial charge in [-0.25, -0.2) is 0 Å². The summed E-state index contributed by atoms with van der Waals surface area (Å²) in [6.45, 7) is 4.28. The zero-order chi connectivity index (χ0) is 14.8. The fourth-order valence-corrected chi connectivity index (χ4v) is 2.83. The zero-order valence-corrected chi connectivity index (χ0v) is 13.8. The number of halogens is 1. The molecule has 0 aliphatic rings. The van der Waals surface area contributed by atoms with Gasteiger partial charge in [-0.3, -0.25) is 0 Å². The first kappa shape index (κ1) is 14.2. The average Bonchev–Trinajstić information content (AvgIpc) is 2.90. The molecule has 0 saturated carbocycles. The second-order valence-corrected chi connectivity index (χ2v) is 6.17. The first-order valence-electron chi connectivity index (χ1n) is 7.20. The summed E-state index contributed by atoms with van der Waals surface area (Å²) in [5, 5.41) is 4.62. The summed E-state index contributed by atoms with van der Waals surface area (Å²) in [5.41, 5.74) is 3.38. The molecule has 0 aliphatic heterocycles. The lowest BCUT2D eigenvalue weighted by Gasteiger charge is -2.13. The Morgan fingerprint density at radius 3 is 2.81 bits per heavy atom. The minimum Gasteiger partial charge on any atom is -0.459 e. The van der Waals surface area contributed by atoms with Gasteiger partial charge in [0.05, 0.1) is 6.04 Å². The van der Waals surface area contributed by atoms with Crippen molar-refractivity contribution in [1.82, 2.24) is 0 Å². The highest BCUT2D eigenvalue weighted by molar-refractivity contribution is 9.10. The molecule has 0 saturated heterocycles. The van der Waals surface area contributed by atoms with E-state index in [4.69, 9.17) is 4.42 Å². The first-order valence-corrected chi connectivity index (χ1v) is 7.99. The number of aryl methyl sites for hydroxylation is 1. The molecule has 3 rings (SSSR count). The standard InChI is InChI=1S/C18H18BrNO/c1-3-13-5-4-6-16(9-13)20-12(2)18-11-14-10-15(19)7-8-17(14)21-18/h4-12,20H,3H2,1-2H3. The van der Waals surface area contributed by atoms with Crippen LogP contribution in [0.1, 0.15) is 31.2 Å². The predicted octanol–water partition coefficient (Wildman–Crippen LogP) is 5.93. The van der Waals surface area contributed by atoms with Crippen molar-refractivity contribution < 1.29 is 4.42 Å². The van der Waals surface area contributed by atoms with Gasteiger partial charge in [-0.15, -0.1) is 0 Å². The first-order chi connectivity index (χ1) is 10.2. The van der Waals surface area contributed by atoms with E-state index in [1.165, 1.54) is 5.56 Å². The maximum atomic E-state index is 5.93. The van der Waals surface area contributed by atoms with Crippen molar-refractivity contribution in [2.24, 2.45) is 0 Å². The van der Waals surface area contributed by atoms with Gasteiger partial charge in [0, 0.05) is 15.5 Å². The van der Waals surface area contributed by atoms with Gasteiger partial charge < -0.3 is 9.73 Å². The predicted molar refractivity (Wildman–Crippen MR) is 91.8 cm³/mol. The van der Waals surface area contributed by atoms with E-state index >= 15 is 0 Å². The Morgan fingerprint density at radius 2 is 2.00 bits per heavy atom. The zero-order valence-electron chi connectivity index (χ0n) is 12.2. The van der Waals surface area contributed by atoms with Crippen LogP contribution in [0.5, 0.6) is 0 Å². The highest BCUT2D eigenvalue weighted by Crippen LogP contribution is 2.28. The Labute approximate surface area is 133 Å². The maximum absolute atomic E-state index is 5.93. The third-order valence-electron chi connectivity index (χ3n) is 3.64. The molecule has 2 nitrogen and oxygen atoms in total. The van der Waals surface area contributed by atoms with Crippen LogP contribution >= 0.6 is 15.9 Å². The summed E-state index contributed by atoms with van der Waals surface area (Å²) < 4.78 is 7.00.